The molecule has 2 heterocycles. The third-order valence-electron chi connectivity index (χ3n) is 6.93. The Hall–Kier alpha value is -2.60. The van der Waals surface area contributed by atoms with E-state index >= 15 is 0 Å². The molecule has 34 heavy (non-hydrogen) atoms. The van der Waals surface area contributed by atoms with Crippen LogP contribution < -0.4 is 4.74 Å². The lowest BCUT2D eigenvalue weighted by molar-refractivity contribution is -0.136. The van der Waals surface area contributed by atoms with Gasteiger partial charge in [0, 0.05) is 48.6 Å². The van der Waals surface area contributed by atoms with Crippen LogP contribution in [0, 0.1) is 18.2 Å². The Morgan fingerprint density at radius 1 is 1.03 bits per heavy atom. The normalized spacial score (nSPS) is 20.8. The van der Waals surface area contributed by atoms with Crippen LogP contribution in [0.2, 0.25) is 5.02 Å². The summed E-state index contributed by atoms with van der Waals surface area (Å²) in [5, 5.41) is 0.673. The molecule has 5 nitrogen and oxygen atoms in total. The number of carbonyl (C=O) groups excluding carboxylic acids is 2. The van der Waals surface area contributed by atoms with Crippen molar-refractivity contribution in [1.29, 1.82) is 0 Å². The average molecular weight is 487 g/mol. The number of aryl methyl sites for hydroxylation is 1. The quantitative estimate of drug-likeness (QED) is 0.542. The highest BCUT2D eigenvalue weighted by molar-refractivity contribution is 6.31. The summed E-state index contributed by atoms with van der Waals surface area (Å²) in [7, 11) is 0. The minimum atomic E-state index is -0.511. The Morgan fingerprint density at radius 3 is 2.53 bits per heavy atom. The Bertz CT molecular complexity index is 1040. The van der Waals surface area contributed by atoms with Crippen molar-refractivity contribution in [2.45, 2.75) is 45.4 Å². The van der Waals surface area contributed by atoms with Crippen LogP contribution in [0.25, 0.3) is 0 Å². The molecule has 1 atom stereocenters. The lowest BCUT2D eigenvalue weighted by atomic mass is 9.77. The topological polar surface area (TPSA) is 49.9 Å². The summed E-state index contributed by atoms with van der Waals surface area (Å²) in [6, 6.07) is 11.3. The molecule has 0 aliphatic carbocycles. The Morgan fingerprint density at radius 2 is 1.79 bits per heavy atom. The fraction of sp³-hybridized carbons (Fsp3) is 0.481. The zero-order valence-electron chi connectivity index (χ0n) is 19.7. The Kier molecular flexibility index (Phi) is 7.77. The van der Waals surface area contributed by atoms with Gasteiger partial charge in [-0.1, -0.05) is 17.7 Å². The average Bonchev–Trinajstić information content (AvgIpc) is 2.85. The van der Waals surface area contributed by atoms with Crippen LogP contribution in [-0.4, -0.2) is 54.4 Å². The molecule has 0 spiro atoms. The van der Waals surface area contributed by atoms with Gasteiger partial charge in [-0.15, -0.1) is 0 Å². The van der Waals surface area contributed by atoms with Gasteiger partial charge in [-0.05, 0) is 81.0 Å². The lowest BCUT2D eigenvalue weighted by Gasteiger charge is -2.43. The molecule has 7 heteroatoms. The van der Waals surface area contributed by atoms with E-state index in [-0.39, 0.29) is 11.8 Å². The zero-order chi connectivity index (χ0) is 24.1. The van der Waals surface area contributed by atoms with Crippen LogP contribution in [0.5, 0.6) is 5.75 Å². The fourth-order valence-corrected chi connectivity index (χ4v) is 5.14. The molecule has 0 radical (unpaired) electrons. The van der Waals surface area contributed by atoms with Gasteiger partial charge in [0.2, 0.25) is 5.91 Å². The summed E-state index contributed by atoms with van der Waals surface area (Å²) in [6.45, 7) is 4.80. The number of rotatable bonds is 6. The summed E-state index contributed by atoms with van der Waals surface area (Å²) in [6.07, 6.45) is 5.09. The number of likely N-dealkylation sites (tertiary alicyclic amines) is 2. The number of amides is 2. The third kappa shape index (κ3) is 5.90. The molecule has 2 aromatic carbocycles. The van der Waals surface area contributed by atoms with Crippen molar-refractivity contribution in [2.24, 2.45) is 5.41 Å². The number of benzene rings is 2. The third-order valence-corrected chi connectivity index (χ3v) is 7.35. The molecule has 0 N–H and O–H groups in total. The molecular weight excluding hydrogens is 455 g/mol. The summed E-state index contributed by atoms with van der Waals surface area (Å²) in [4.78, 5) is 30.2. The second-order valence-corrected chi connectivity index (χ2v) is 10.1. The predicted molar refractivity (Wildman–Crippen MR) is 131 cm³/mol. The van der Waals surface area contributed by atoms with Crippen molar-refractivity contribution in [2.75, 3.05) is 32.8 Å². The molecule has 2 amide bonds. The number of nitrogens with zero attached hydrogens (tertiary/aromatic N) is 2. The standard InChI is InChI=1S/C27H32ClFN2O3/c1-20-15-23(9-10-24(20)28)34-19-27(17-25(32)30-12-3-2-4-13-30)11-6-14-31(18-27)26(33)21-7-5-8-22(29)16-21/h5,7-10,15-16H,2-4,6,11-14,17-19H2,1H3. The van der Waals surface area contributed by atoms with Gasteiger partial charge in [0.05, 0.1) is 6.61 Å². The van der Waals surface area contributed by atoms with Crippen molar-refractivity contribution in [3.8, 4) is 5.75 Å². The van der Waals surface area contributed by atoms with E-state index in [1.807, 2.05) is 24.0 Å². The molecule has 2 saturated heterocycles. The molecule has 2 aliphatic rings. The van der Waals surface area contributed by atoms with Gasteiger partial charge in [0.15, 0.2) is 0 Å². The molecule has 182 valence electrons. The van der Waals surface area contributed by atoms with E-state index in [1.54, 1.807) is 23.1 Å². The second-order valence-electron chi connectivity index (χ2n) is 9.66. The van der Waals surface area contributed by atoms with Gasteiger partial charge in [-0.25, -0.2) is 4.39 Å². The van der Waals surface area contributed by atoms with Crippen LogP contribution in [0.1, 0.15) is 54.4 Å². The van der Waals surface area contributed by atoms with Crippen LogP contribution in [0.3, 0.4) is 0 Å². The van der Waals surface area contributed by atoms with Gasteiger partial charge in [0.1, 0.15) is 11.6 Å². The van der Waals surface area contributed by atoms with Gasteiger partial charge >= 0.3 is 0 Å². The van der Waals surface area contributed by atoms with E-state index in [0.29, 0.717) is 42.5 Å². The highest BCUT2D eigenvalue weighted by Gasteiger charge is 2.41. The first-order chi connectivity index (χ1) is 16.3. The van der Waals surface area contributed by atoms with Crippen LogP contribution in [-0.2, 0) is 4.79 Å². The predicted octanol–water partition coefficient (Wildman–Crippen LogP) is 5.49. The molecule has 0 saturated carbocycles. The first kappa shape index (κ1) is 24.5. The number of carbonyl (C=O) groups is 2. The van der Waals surface area contributed by atoms with Gasteiger partial charge in [-0.2, -0.15) is 0 Å². The minimum absolute atomic E-state index is 0.121. The van der Waals surface area contributed by atoms with E-state index in [1.165, 1.54) is 12.1 Å². The molecule has 1 unspecified atom stereocenters. The van der Waals surface area contributed by atoms with Crippen molar-refractivity contribution < 1.29 is 18.7 Å². The first-order valence-corrected chi connectivity index (χ1v) is 12.4. The minimum Gasteiger partial charge on any atom is -0.493 e. The summed E-state index contributed by atoms with van der Waals surface area (Å²) >= 11 is 6.16. The maximum atomic E-state index is 13.7. The molecule has 2 aliphatic heterocycles. The zero-order valence-corrected chi connectivity index (χ0v) is 20.5. The molecule has 0 bridgehead atoms. The Labute approximate surface area is 205 Å². The number of ether oxygens (including phenoxy) is 1. The second kappa shape index (κ2) is 10.8. The number of hydrogen-bond donors (Lipinski definition) is 0. The molecule has 2 aromatic rings. The lowest BCUT2D eigenvalue weighted by Crippen LogP contribution is -2.51. The number of piperidine rings is 2. The Balaban J connectivity index is 1.54. The monoisotopic (exact) mass is 486 g/mol. The SMILES string of the molecule is Cc1cc(OCC2(CC(=O)N3CCCCC3)CCCN(C(=O)c3cccc(F)c3)C2)ccc1Cl. The smallest absolute Gasteiger partial charge is 0.253 e. The van der Waals surface area contributed by atoms with Crippen LogP contribution in [0.15, 0.2) is 42.5 Å². The van der Waals surface area contributed by atoms with E-state index in [2.05, 4.69) is 0 Å². The van der Waals surface area contributed by atoms with Crippen molar-refractivity contribution in [3.05, 3.63) is 64.4 Å². The van der Waals surface area contributed by atoms with E-state index in [9.17, 15) is 14.0 Å². The van der Waals surface area contributed by atoms with E-state index in [0.717, 1.165) is 50.8 Å². The molecule has 0 aromatic heterocycles. The highest BCUT2D eigenvalue weighted by Crippen LogP contribution is 2.36. The fourth-order valence-electron chi connectivity index (χ4n) is 5.02. The molecule has 2 fully saturated rings. The van der Waals surface area contributed by atoms with Crippen molar-refractivity contribution >= 4 is 23.4 Å². The highest BCUT2D eigenvalue weighted by atomic mass is 35.5. The van der Waals surface area contributed by atoms with Crippen molar-refractivity contribution in [3.63, 3.8) is 0 Å². The molecular formula is C27H32ClFN2O3. The summed E-state index contributed by atoms with van der Waals surface area (Å²) in [5.41, 5.74) is 0.736. The van der Waals surface area contributed by atoms with Gasteiger partial charge < -0.3 is 14.5 Å². The van der Waals surface area contributed by atoms with Gasteiger partial charge in [0.25, 0.3) is 5.91 Å². The largest absolute Gasteiger partial charge is 0.493 e. The maximum Gasteiger partial charge on any atom is 0.253 e. The first-order valence-electron chi connectivity index (χ1n) is 12.1. The van der Waals surface area contributed by atoms with Crippen LogP contribution >= 0.6 is 11.6 Å². The van der Waals surface area contributed by atoms with E-state index < -0.39 is 11.2 Å². The van der Waals surface area contributed by atoms with Crippen LogP contribution in [0.4, 0.5) is 4.39 Å². The van der Waals surface area contributed by atoms with Crippen molar-refractivity contribution in [1.82, 2.24) is 9.80 Å². The van der Waals surface area contributed by atoms with Gasteiger partial charge in [-0.3, -0.25) is 9.59 Å². The molecule has 4 rings (SSSR count). The number of hydrogen-bond acceptors (Lipinski definition) is 3. The summed E-state index contributed by atoms with van der Waals surface area (Å²) in [5.74, 6) is 0.170. The van der Waals surface area contributed by atoms with E-state index in [4.69, 9.17) is 16.3 Å². The number of halogens is 2. The maximum absolute atomic E-state index is 13.7. The summed E-state index contributed by atoms with van der Waals surface area (Å²) < 4.78 is 19.9.